The van der Waals surface area contributed by atoms with Crippen LogP contribution in [-0.2, 0) is 6.42 Å². The number of benzene rings is 2. The number of fused-ring (bicyclic) bond motifs is 1. The Kier molecular flexibility index (Phi) is 6.67. The van der Waals surface area contributed by atoms with E-state index < -0.39 is 4.92 Å². The molecule has 0 bridgehead atoms. The van der Waals surface area contributed by atoms with Crippen LogP contribution in [0.1, 0.15) is 11.3 Å². The van der Waals surface area contributed by atoms with Crippen LogP contribution >= 0.6 is 0 Å². The van der Waals surface area contributed by atoms with E-state index in [1.807, 2.05) is 55.5 Å². The van der Waals surface area contributed by atoms with Crippen LogP contribution in [-0.4, -0.2) is 40.6 Å². The summed E-state index contributed by atoms with van der Waals surface area (Å²) >= 11 is 0. The summed E-state index contributed by atoms with van der Waals surface area (Å²) in [6.07, 6.45) is 1.88. The van der Waals surface area contributed by atoms with Gasteiger partial charge >= 0.3 is 5.69 Å². The number of hydrogen-bond donors (Lipinski definition) is 2. The molecule has 0 aliphatic rings. The number of nitrogens with one attached hydrogen (secondary N) is 2. The van der Waals surface area contributed by atoms with Crippen LogP contribution in [0.25, 0.3) is 10.9 Å². The minimum absolute atomic E-state index is 0.0874. The van der Waals surface area contributed by atoms with Crippen molar-refractivity contribution in [1.29, 1.82) is 0 Å². The van der Waals surface area contributed by atoms with Gasteiger partial charge in [-0.3, -0.25) is 15.1 Å². The molecular formula is C24H24N6O4. The summed E-state index contributed by atoms with van der Waals surface area (Å²) in [5.74, 6) is 1.48. The number of hydrogen-bond acceptors (Lipinski definition) is 9. The summed E-state index contributed by atoms with van der Waals surface area (Å²) in [7, 11) is 3.15. The Labute approximate surface area is 196 Å². The predicted octanol–water partition coefficient (Wildman–Crippen LogP) is 4.66. The van der Waals surface area contributed by atoms with Gasteiger partial charge in [-0.15, -0.1) is 0 Å². The molecule has 2 aromatic heterocycles. The quantitative estimate of drug-likeness (QED) is 0.271. The van der Waals surface area contributed by atoms with Crippen LogP contribution in [0.15, 0.2) is 54.9 Å². The van der Waals surface area contributed by atoms with Gasteiger partial charge in [-0.05, 0) is 43.2 Å². The predicted molar refractivity (Wildman–Crippen MR) is 130 cm³/mol. The smallest absolute Gasteiger partial charge is 0.353 e. The number of anilines is 3. The first-order chi connectivity index (χ1) is 16.5. The van der Waals surface area contributed by atoms with Crippen LogP contribution in [0, 0.1) is 17.0 Å². The molecule has 0 atom stereocenters. The second-order valence-electron chi connectivity index (χ2n) is 7.50. The number of aryl methyl sites for hydroxylation is 1. The topological polar surface area (TPSA) is 124 Å². The highest BCUT2D eigenvalue weighted by molar-refractivity contribution is 5.93. The van der Waals surface area contributed by atoms with Crippen LogP contribution in [0.5, 0.6) is 11.5 Å². The van der Waals surface area contributed by atoms with Crippen molar-refractivity contribution in [3.05, 3.63) is 76.2 Å². The fourth-order valence-corrected chi connectivity index (χ4v) is 3.61. The fourth-order valence-electron chi connectivity index (χ4n) is 3.61. The number of ether oxygens (including phenoxy) is 2. The summed E-state index contributed by atoms with van der Waals surface area (Å²) in [5.41, 5.74) is 2.92. The summed E-state index contributed by atoms with van der Waals surface area (Å²) in [6, 6.07) is 15.1. The number of methoxy groups -OCH3 is 2. The molecule has 2 N–H and O–H groups in total. The maximum atomic E-state index is 11.9. The number of rotatable bonds is 9. The lowest BCUT2D eigenvalue weighted by atomic mass is 10.1. The number of pyridine rings is 1. The average molecular weight is 460 g/mol. The molecule has 4 aromatic rings. The van der Waals surface area contributed by atoms with E-state index in [9.17, 15) is 10.1 Å². The summed E-state index contributed by atoms with van der Waals surface area (Å²) in [5, 5.41) is 19.0. The van der Waals surface area contributed by atoms with Crippen molar-refractivity contribution in [2.75, 3.05) is 31.4 Å². The summed E-state index contributed by atoms with van der Waals surface area (Å²) in [4.78, 5) is 24.2. The third-order valence-corrected chi connectivity index (χ3v) is 5.27. The van der Waals surface area contributed by atoms with Crippen LogP contribution < -0.4 is 20.1 Å². The Morgan fingerprint density at radius 2 is 1.79 bits per heavy atom. The highest BCUT2D eigenvalue weighted by Crippen LogP contribution is 2.33. The Morgan fingerprint density at radius 1 is 1.00 bits per heavy atom. The van der Waals surface area contributed by atoms with Gasteiger partial charge in [-0.1, -0.05) is 24.3 Å². The summed E-state index contributed by atoms with van der Waals surface area (Å²) in [6.45, 7) is 2.31. The molecule has 0 radical (unpaired) electrons. The van der Waals surface area contributed by atoms with Gasteiger partial charge in [-0.2, -0.15) is 0 Å². The first-order valence-corrected chi connectivity index (χ1v) is 10.6. The third-order valence-electron chi connectivity index (χ3n) is 5.27. The van der Waals surface area contributed by atoms with Crippen molar-refractivity contribution in [2.24, 2.45) is 0 Å². The molecule has 4 rings (SSSR count). The maximum absolute atomic E-state index is 11.9. The Hall–Kier alpha value is -4.47. The number of aromatic nitrogens is 3. The monoisotopic (exact) mass is 460 g/mol. The maximum Gasteiger partial charge on any atom is 0.353 e. The van der Waals surface area contributed by atoms with E-state index in [0.717, 1.165) is 16.6 Å². The lowest BCUT2D eigenvalue weighted by Crippen LogP contribution is -2.11. The van der Waals surface area contributed by atoms with E-state index in [1.165, 1.54) is 6.33 Å². The average Bonchev–Trinajstić information content (AvgIpc) is 2.84. The lowest BCUT2D eigenvalue weighted by Gasteiger charge is -2.12. The molecule has 0 spiro atoms. The molecule has 0 unspecified atom stereocenters. The van der Waals surface area contributed by atoms with Gasteiger partial charge in [0, 0.05) is 17.6 Å². The first-order valence-electron chi connectivity index (χ1n) is 10.6. The van der Waals surface area contributed by atoms with Crippen molar-refractivity contribution in [2.45, 2.75) is 13.3 Å². The van der Waals surface area contributed by atoms with E-state index in [4.69, 9.17) is 9.47 Å². The van der Waals surface area contributed by atoms with E-state index in [2.05, 4.69) is 25.6 Å². The molecule has 0 saturated heterocycles. The van der Waals surface area contributed by atoms with Crippen molar-refractivity contribution in [1.82, 2.24) is 15.0 Å². The van der Waals surface area contributed by atoms with Crippen molar-refractivity contribution >= 4 is 33.9 Å². The third kappa shape index (κ3) is 4.80. The second kappa shape index (κ2) is 9.99. The van der Waals surface area contributed by atoms with Crippen LogP contribution in [0.4, 0.5) is 23.0 Å². The van der Waals surface area contributed by atoms with E-state index >= 15 is 0 Å². The fraction of sp³-hybridized carbons (Fsp3) is 0.208. The van der Waals surface area contributed by atoms with Gasteiger partial charge in [0.2, 0.25) is 11.6 Å². The van der Waals surface area contributed by atoms with Crippen molar-refractivity contribution < 1.29 is 14.4 Å². The molecule has 2 heterocycles. The van der Waals surface area contributed by atoms with Gasteiger partial charge in [-0.25, -0.2) is 9.97 Å². The molecule has 0 amide bonds. The lowest BCUT2D eigenvalue weighted by molar-refractivity contribution is -0.383. The molecular weight excluding hydrogens is 436 g/mol. The molecule has 0 aliphatic heterocycles. The minimum Gasteiger partial charge on any atom is -0.493 e. The Morgan fingerprint density at radius 3 is 2.56 bits per heavy atom. The normalized spacial score (nSPS) is 10.7. The molecule has 174 valence electrons. The number of para-hydroxylation sites is 1. The van der Waals surface area contributed by atoms with Gasteiger partial charge in [0.05, 0.1) is 30.3 Å². The highest BCUT2D eigenvalue weighted by atomic mass is 16.6. The van der Waals surface area contributed by atoms with Gasteiger partial charge in [0.25, 0.3) is 0 Å². The van der Waals surface area contributed by atoms with Crippen LogP contribution in [0.3, 0.4) is 0 Å². The molecule has 10 nitrogen and oxygen atoms in total. The first kappa shape index (κ1) is 22.7. The second-order valence-corrected chi connectivity index (χ2v) is 7.50. The van der Waals surface area contributed by atoms with Gasteiger partial charge < -0.3 is 20.1 Å². The zero-order valence-electron chi connectivity index (χ0n) is 19.0. The highest BCUT2D eigenvalue weighted by Gasteiger charge is 2.23. The number of nitro groups is 1. The molecule has 34 heavy (non-hydrogen) atoms. The largest absolute Gasteiger partial charge is 0.493 e. The Balaban J connectivity index is 1.56. The molecule has 2 aromatic carbocycles. The molecule has 0 fully saturated rings. The summed E-state index contributed by atoms with van der Waals surface area (Å²) < 4.78 is 10.6. The van der Waals surface area contributed by atoms with Crippen LogP contribution in [0.2, 0.25) is 0 Å². The molecule has 10 heteroatoms. The van der Waals surface area contributed by atoms with E-state index in [-0.39, 0.29) is 17.3 Å². The zero-order valence-corrected chi connectivity index (χ0v) is 19.0. The SMILES string of the molecule is COc1ccc(CCNc2ncnc(Nc3cccc4ccc(C)nc34)c2[N+](=O)[O-])cc1OC. The molecule has 0 saturated carbocycles. The zero-order chi connectivity index (χ0) is 24.1. The van der Waals surface area contributed by atoms with Gasteiger partial charge in [0.15, 0.2) is 11.5 Å². The molecule has 0 aliphatic carbocycles. The number of nitrogens with zero attached hydrogens (tertiary/aromatic N) is 4. The Bertz CT molecular complexity index is 1340. The standard InChI is InChI=1S/C24H24N6O4/c1-15-7-9-17-5-4-6-18(21(17)28-15)29-24-22(30(31)32)23(26-14-27-24)25-12-11-16-8-10-19(33-2)20(13-16)34-3/h4-10,13-14H,11-12H2,1-3H3,(H2,25,26,27,29). The van der Waals surface area contributed by atoms with Crippen molar-refractivity contribution in [3.8, 4) is 11.5 Å². The van der Waals surface area contributed by atoms with E-state index in [1.54, 1.807) is 14.2 Å². The van der Waals surface area contributed by atoms with Gasteiger partial charge in [0.1, 0.15) is 6.33 Å². The minimum atomic E-state index is -0.495. The van der Waals surface area contributed by atoms with Crippen molar-refractivity contribution in [3.63, 3.8) is 0 Å². The van der Waals surface area contributed by atoms with E-state index in [0.29, 0.717) is 35.7 Å².